The zero-order valence-corrected chi connectivity index (χ0v) is 23.5. The van der Waals surface area contributed by atoms with Crippen LogP contribution in [0.5, 0.6) is 5.75 Å². The van der Waals surface area contributed by atoms with E-state index in [1.165, 1.54) is 39.9 Å². The molecular weight excluding hydrogens is 538 g/mol. The van der Waals surface area contributed by atoms with E-state index in [4.69, 9.17) is 9.47 Å². The first-order chi connectivity index (χ1) is 18.8. The van der Waals surface area contributed by atoms with E-state index in [0.717, 1.165) is 4.70 Å². The van der Waals surface area contributed by atoms with Crippen LogP contribution in [0.25, 0.3) is 10.2 Å². The van der Waals surface area contributed by atoms with Gasteiger partial charge in [0.2, 0.25) is 0 Å². The molecule has 0 unspecified atom stereocenters. The molecule has 0 aliphatic rings. The number of rotatable bonds is 10. The van der Waals surface area contributed by atoms with Gasteiger partial charge in [0.25, 0.3) is 15.9 Å². The second kappa shape index (κ2) is 12.3. The average molecular weight is 568 g/mol. The van der Waals surface area contributed by atoms with Gasteiger partial charge in [-0.25, -0.2) is 8.42 Å². The Labute approximate surface area is 231 Å². The van der Waals surface area contributed by atoms with Crippen LogP contribution in [0.2, 0.25) is 0 Å². The first-order valence-corrected chi connectivity index (χ1v) is 14.7. The van der Waals surface area contributed by atoms with Crippen molar-refractivity contribution in [2.75, 3.05) is 24.1 Å². The standard InChI is InChI=1S/C28H29N3O6S2/c1-4-31(21-11-8-7-9-12-21)39(34,35)22-17-15-20(16-18-22)27(33)29-28-30(19-25(32)37-6-3)26-23(36-5-2)13-10-14-24(26)38-28/h7-18H,4-6,19H2,1-3H3. The number of thiazole rings is 1. The molecule has 0 atom stereocenters. The number of nitrogens with zero attached hydrogens (tertiary/aromatic N) is 3. The van der Waals surface area contributed by atoms with Gasteiger partial charge in [-0.2, -0.15) is 4.99 Å². The summed E-state index contributed by atoms with van der Waals surface area (Å²) in [5.74, 6) is -0.472. The summed E-state index contributed by atoms with van der Waals surface area (Å²) in [5.41, 5.74) is 1.41. The van der Waals surface area contributed by atoms with Crippen molar-refractivity contribution in [3.63, 3.8) is 0 Å². The first-order valence-electron chi connectivity index (χ1n) is 12.5. The number of carbonyl (C=O) groups is 2. The van der Waals surface area contributed by atoms with Gasteiger partial charge in [-0.05, 0) is 69.3 Å². The fourth-order valence-corrected chi connectivity index (χ4v) is 6.59. The third kappa shape index (κ3) is 6.04. The van der Waals surface area contributed by atoms with Crippen LogP contribution < -0.4 is 13.8 Å². The van der Waals surface area contributed by atoms with E-state index in [-0.39, 0.29) is 30.2 Å². The van der Waals surface area contributed by atoms with Crippen LogP contribution in [0, 0.1) is 0 Å². The average Bonchev–Trinajstić information content (AvgIpc) is 3.27. The van der Waals surface area contributed by atoms with Crippen molar-refractivity contribution in [1.82, 2.24) is 4.57 Å². The zero-order chi connectivity index (χ0) is 28.0. The molecule has 0 aliphatic heterocycles. The van der Waals surface area contributed by atoms with E-state index in [9.17, 15) is 18.0 Å². The Morgan fingerprint density at radius 3 is 2.28 bits per heavy atom. The van der Waals surface area contributed by atoms with E-state index in [2.05, 4.69) is 4.99 Å². The zero-order valence-electron chi connectivity index (χ0n) is 21.9. The Balaban J connectivity index is 1.71. The number of amides is 1. The lowest BCUT2D eigenvalue weighted by molar-refractivity contribution is -0.143. The van der Waals surface area contributed by atoms with Gasteiger partial charge in [0.1, 0.15) is 17.8 Å². The molecule has 0 saturated heterocycles. The number of anilines is 1. The Kier molecular flexibility index (Phi) is 8.82. The highest BCUT2D eigenvalue weighted by Gasteiger charge is 2.24. The van der Waals surface area contributed by atoms with Gasteiger partial charge in [0, 0.05) is 12.1 Å². The summed E-state index contributed by atoms with van der Waals surface area (Å²) in [6, 6.07) is 20.0. The van der Waals surface area contributed by atoms with Crippen LogP contribution in [0.4, 0.5) is 5.69 Å². The van der Waals surface area contributed by atoms with Crippen LogP contribution in [0.3, 0.4) is 0 Å². The maximum atomic E-state index is 13.3. The number of carbonyl (C=O) groups excluding carboxylic acids is 2. The topological polar surface area (TPSA) is 107 Å². The fourth-order valence-electron chi connectivity index (χ4n) is 4.07. The molecule has 0 spiro atoms. The molecule has 3 aromatic carbocycles. The van der Waals surface area contributed by atoms with Gasteiger partial charge in [-0.15, -0.1) is 0 Å². The largest absolute Gasteiger partial charge is 0.492 e. The van der Waals surface area contributed by atoms with Gasteiger partial charge in [0.05, 0.1) is 28.5 Å². The summed E-state index contributed by atoms with van der Waals surface area (Å²) in [6.45, 7) is 6.09. The highest BCUT2D eigenvalue weighted by Crippen LogP contribution is 2.28. The van der Waals surface area contributed by atoms with E-state index in [1.54, 1.807) is 48.7 Å². The lowest BCUT2D eigenvalue weighted by Crippen LogP contribution is -2.30. The summed E-state index contributed by atoms with van der Waals surface area (Å²) < 4.78 is 41.2. The van der Waals surface area contributed by atoms with E-state index < -0.39 is 21.9 Å². The maximum absolute atomic E-state index is 13.3. The molecule has 4 aromatic rings. The number of hydrogen-bond acceptors (Lipinski definition) is 7. The highest BCUT2D eigenvalue weighted by atomic mass is 32.2. The predicted molar refractivity (Wildman–Crippen MR) is 151 cm³/mol. The Morgan fingerprint density at radius 1 is 0.923 bits per heavy atom. The van der Waals surface area contributed by atoms with Crippen LogP contribution in [-0.2, 0) is 26.1 Å². The van der Waals surface area contributed by atoms with Crippen LogP contribution in [0.1, 0.15) is 31.1 Å². The van der Waals surface area contributed by atoms with Crippen LogP contribution in [0.15, 0.2) is 82.7 Å². The predicted octanol–water partition coefficient (Wildman–Crippen LogP) is 4.62. The highest BCUT2D eigenvalue weighted by molar-refractivity contribution is 7.92. The smallest absolute Gasteiger partial charge is 0.326 e. The summed E-state index contributed by atoms with van der Waals surface area (Å²) in [4.78, 5) is 30.2. The molecule has 1 aromatic heterocycles. The Bertz CT molecular complexity index is 1640. The molecule has 0 aliphatic carbocycles. The molecule has 0 saturated carbocycles. The molecule has 0 fully saturated rings. The summed E-state index contributed by atoms with van der Waals surface area (Å²) in [6.07, 6.45) is 0. The third-order valence-corrected chi connectivity index (χ3v) is 8.74. The second-order valence-electron chi connectivity index (χ2n) is 8.26. The van der Waals surface area contributed by atoms with Crippen molar-refractivity contribution < 1.29 is 27.5 Å². The number of benzene rings is 3. The lowest BCUT2D eigenvalue weighted by Gasteiger charge is -2.22. The SMILES string of the molecule is CCOC(=O)Cn1c(=NC(=O)c2ccc(S(=O)(=O)N(CC)c3ccccc3)cc2)sc2cccc(OCC)c21. The van der Waals surface area contributed by atoms with Gasteiger partial charge in [-0.1, -0.05) is 35.6 Å². The number of sulfonamides is 1. The van der Waals surface area contributed by atoms with E-state index in [1.807, 2.05) is 25.1 Å². The van der Waals surface area contributed by atoms with Crippen molar-refractivity contribution in [3.05, 3.63) is 83.2 Å². The van der Waals surface area contributed by atoms with Crippen LogP contribution >= 0.6 is 11.3 Å². The second-order valence-corrected chi connectivity index (χ2v) is 11.1. The van der Waals surface area contributed by atoms with Gasteiger partial charge in [-0.3, -0.25) is 13.9 Å². The molecule has 1 amide bonds. The van der Waals surface area contributed by atoms with Crippen molar-refractivity contribution in [2.45, 2.75) is 32.2 Å². The maximum Gasteiger partial charge on any atom is 0.326 e. The molecule has 204 valence electrons. The summed E-state index contributed by atoms with van der Waals surface area (Å²) in [7, 11) is -3.83. The quantitative estimate of drug-likeness (QED) is 0.259. The number of para-hydroxylation sites is 2. The monoisotopic (exact) mass is 567 g/mol. The molecule has 11 heteroatoms. The number of fused-ring (bicyclic) bond motifs is 1. The molecule has 0 bridgehead atoms. The minimum absolute atomic E-state index is 0.0605. The molecule has 39 heavy (non-hydrogen) atoms. The van der Waals surface area contributed by atoms with Crippen molar-refractivity contribution in [3.8, 4) is 5.75 Å². The number of ether oxygens (including phenoxy) is 2. The Hall–Kier alpha value is -3.96. The normalized spacial score (nSPS) is 11.9. The molecule has 0 N–H and O–H groups in total. The van der Waals surface area contributed by atoms with Crippen molar-refractivity contribution in [1.29, 1.82) is 0 Å². The minimum Gasteiger partial charge on any atom is -0.492 e. The first kappa shape index (κ1) is 28.1. The molecular formula is C28H29N3O6S2. The molecule has 4 rings (SSSR count). The third-order valence-electron chi connectivity index (χ3n) is 5.77. The van der Waals surface area contributed by atoms with Crippen molar-refractivity contribution in [2.24, 2.45) is 4.99 Å². The van der Waals surface area contributed by atoms with E-state index >= 15 is 0 Å². The van der Waals surface area contributed by atoms with Gasteiger partial charge >= 0.3 is 5.97 Å². The van der Waals surface area contributed by atoms with Gasteiger partial charge in [0.15, 0.2) is 4.80 Å². The van der Waals surface area contributed by atoms with Crippen molar-refractivity contribution >= 4 is 49.1 Å². The van der Waals surface area contributed by atoms with Crippen LogP contribution in [-0.4, -0.2) is 44.6 Å². The molecule has 1 heterocycles. The summed E-state index contributed by atoms with van der Waals surface area (Å²) in [5, 5.41) is 0. The number of aromatic nitrogens is 1. The Morgan fingerprint density at radius 2 is 1.64 bits per heavy atom. The minimum atomic E-state index is -3.83. The molecule has 9 nitrogen and oxygen atoms in total. The fraction of sp³-hybridized carbons (Fsp3) is 0.250. The summed E-state index contributed by atoms with van der Waals surface area (Å²) >= 11 is 1.24. The van der Waals surface area contributed by atoms with E-state index in [0.29, 0.717) is 28.4 Å². The molecule has 0 radical (unpaired) electrons. The lowest BCUT2D eigenvalue weighted by atomic mass is 10.2. The van der Waals surface area contributed by atoms with Gasteiger partial charge < -0.3 is 14.0 Å². The number of esters is 1. The number of hydrogen-bond donors (Lipinski definition) is 0.